The lowest BCUT2D eigenvalue weighted by Gasteiger charge is -2.12. The number of rotatable bonds is 3. The third kappa shape index (κ3) is 2.63. The summed E-state index contributed by atoms with van der Waals surface area (Å²) in [5.41, 5.74) is 2.74. The van der Waals surface area contributed by atoms with Crippen molar-refractivity contribution in [3.63, 3.8) is 0 Å². The standard InChI is InChI=1S/C14H14N4O3/c19-13(12-10-7-15-5-4-11(10)17-18-12)16-9-3-1-2-8(6-9)14(20)21/h1-3,6,15H,4-5,7H2,(H,16,19)(H,17,18)(H,20,21). The first kappa shape index (κ1) is 13.3. The Labute approximate surface area is 120 Å². The van der Waals surface area contributed by atoms with Crippen molar-refractivity contribution in [3.8, 4) is 0 Å². The molecule has 0 aliphatic carbocycles. The van der Waals surface area contributed by atoms with E-state index in [1.807, 2.05) is 0 Å². The molecule has 1 aliphatic heterocycles. The van der Waals surface area contributed by atoms with Gasteiger partial charge in [0.15, 0.2) is 5.69 Å². The van der Waals surface area contributed by atoms with Crippen LogP contribution in [0.15, 0.2) is 24.3 Å². The summed E-state index contributed by atoms with van der Waals surface area (Å²) in [5, 5.41) is 21.8. The minimum atomic E-state index is -1.03. The van der Waals surface area contributed by atoms with Gasteiger partial charge in [-0.2, -0.15) is 5.10 Å². The van der Waals surface area contributed by atoms with Gasteiger partial charge in [0.1, 0.15) is 0 Å². The first-order valence-corrected chi connectivity index (χ1v) is 6.56. The molecule has 0 spiro atoms. The number of carbonyl (C=O) groups is 2. The monoisotopic (exact) mass is 286 g/mol. The second-order valence-electron chi connectivity index (χ2n) is 4.80. The predicted octanol–water partition coefficient (Wildman–Crippen LogP) is 1.01. The Bertz CT molecular complexity index is 708. The van der Waals surface area contributed by atoms with E-state index < -0.39 is 5.97 Å². The number of nitrogens with one attached hydrogen (secondary N) is 3. The van der Waals surface area contributed by atoms with Gasteiger partial charge in [-0.1, -0.05) is 6.07 Å². The highest BCUT2D eigenvalue weighted by molar-refractivity contribution is 6.04. The highest BCUT2D eigenvalue weighted by atomic mass is 16.4. The summed E-state index contributed by atoms with van der Waals surface area (Å²) in [7, 11) is 0. The van der Waals surface area contributed by atoms with Gasteiger partial charge < -0.3 is 15.7 Å². The fourth-order valence-electron chi connectivity index (χ4n) is 2.33. The highest BCUT2D eigenvalue weighted by Crippen LogP contribution is 2.17. The van der Waals surface area contributed by atoms with E-state index in [0.717, 1.165) is 24.2 Å². The largest absolute Gasteiger partial charge is 0.478 e. The molecule has 2 heterocycles. The van der Waals surface area contributed by atoms with Gasteiger partial charge in [-0.3, -0.25) is 9.89 Å². The number of anilines is 1. The van der Waals surface area contributed by atoms with Crippen LogP contribution in [0.4, 0.5) is 5.69 Å². The highest BCUT2D eigenvalue weighted by Gasteiger charge is 2.21. The molecule has 0 saturated carbocycles. The van der Waals surface area contributed by atoms with Crippen LogP contribution in [0.5, 0.6) is 0 Å². The number of carbonyl (C=O) groups excluding carboxylic acids is 1. The van der Waals surface area contributed by atoms with Gasteiger partial charge in [-0.05, 0) is 18.2 Å². The van der Waals surface area contributed by atoms with Gasteiger partial charge in [0, 0.05) is 36.5 Å². The molecular formula is C14H14N4O3. The molecule has 0 bridgehead atoms. The maximum Gasteiger partial charge on any atom is 0.335 e. The van der Waals surface area contributed by atoms with E-state index in [0.29, 0.717) is 17.9 Å². The molecule has 4 N–H and O–H groups in total. The minimum Gasteiger partial charge on any atom is -0.478 e. The smallest absolute Gasteiger partial charge is 0.335 e. The van der Waals surface area contributed by atoms with Crippen molar-refractivity contribution >= 4 is 17.6 Å². The van der Waals surface area contributed by atoms with Crippen LogP contribution in [0.1, 0.15) is 32.1 Å². The number of nitrogens with zero attached hydrogens (tertiary/aromatic N) is 1. The molecule has 7 heteroatoms. The number of benzene rings is 1. The molecule has 21 heavy (non-hydrogen) atoms. The van der Waals surface area contributed by atoms with E-state index in [4.69, 9.17) is 5.11 Å². The summed E-state index contributed by atoms with van der Waals surface area (Å²) in [4.78, 5) is 23.2. The molecule has 3 rings (SSSR count). The van der Waals surface area contributed by atoms with Crippen LogP contribution in [-0.4, -0.2) is 33.7 Å². The van der Waals surface area contributed by atoms with E-state index in [1.165, 1.54) is 12.1 Å². The Hall–Kier alpha value is -2.67. The second kappa shape index (κ2) is 5.37. The molecule has 7 nitrogen and oxygen atoms in total. The molecule has 0 radical (unpaired) electrons. The number of aromatic amines is 1. The van der Waals surface area contributed by atoms with Crippen LogP contribution in [0.2, 0.25) is 0 Å². The van der Waals surface area contributed by atoms with Crippen LogP contribution >= 0.6 is 0 Å². The Morgan fingerprint density at radius 2 is 2.19 bits per heavy atom. The Morgan fingerprint density at radius 3 is 3.00 bits per heavy atom. The average Bonchev–Trinajstić information content (AvgIpc) is 2.91. The quantitative estimate of drug-likeness (QED) is 0.673. The van der Waals surface area contributed by atoms with Gasteiger partial charge in [0.25, 0.3) is 5.91 Å². The van der Waals surface area contributed by atoms with Crippen LogP contribution in [0, 0.1) is 0 Å². The summed E-state index contributed by atoms with van der Waals surface area (Å²) < 4.78 is 0. The van der Waals surface area contributed by atoms with Gasteiger partial charge in [-0.15, -0.1) is 0 Å². The van der Waals surface area contributed by atoms with Crippen molar-refractivity contribution in [1.82, 2.24) is 15.5 Å². The topological polar surface area (TPSA) is 107 Å². The van der Waals surface area contributed by atoms with E-state index in [2.05, 4.69) is 20.8 Å². The number of amides is 1. The summed E-state index contributed by atoms with van der Waals surface area (Å²) in [6.07, 6.45) is 0.810. The fraction of sp³-hybridized carbons (Fsp3) is 0.214. The molecule has 0 fully saturated rings. The van der Waals surface area contributed by atoms with E-state index in [1.54, 1.807) is 12.1 Å². The minimum absolute atomic E-state index is 0.124. The first-order valence-electron chi connectivity index (χ1n) is 6.56. The van der Waals surface area contributed by atoms with Gasteiger partial charge in [0.05, 0.1) is 5.56 Å². The maximum absolute atomic E-state index is 12.3. The molecule has 0 atom stereocenters. The molecule has 1 aromatic heterocycles. The average molecular weight is 286 g/mol. The van der Waals surface area contributed by atoms with E-state index >= 15 is 0 Å². The second-order valence-corrected chi connectivity index (χ2v) is 4.80. The summed E-state index contributed by atoms with van der Waals surface area (Å²) in [5.74, 6) is -1.38. The lowest BCUT2D eigenvalue weighted by atomic mass is 10.1. The van der Waals surface area contributed by atoms with Crippen molar-refractivity contribution in [2.45, 2.75) is 13.0 Å². The zero-order valence-electron chi connectivity index (χ0n) is 11.1. The summed E-state index contributed by atoms with van der Waals surface area (Å²) >= 11 is 0. The van der Waals surface area contributed by atoms with Gasteiger partial charge in [0.2, 0.25) is 0 Å². The lowest BCUT2D eigenvalue weighted by Crippen LogP contribution is -2.25. The number of carboxylic acids is 1. The van der Waals surface area contributed by atoms with Crippen molar-refractivity contribution in [2.75, 3.05) is 11.9 Å². The van der Waals surface area contributed by atoms with Gasteiger partial charge >= 0.3 is 5.97 Å². The van der Waals surface area contributed by atoms with Crippen molar-refractivity contribution in [2.24, 2.45) is 0 Å². The normalized spacial score (nSPS) is 13.5. The van der Waals surface area contributed by atoms with Crippen LogP contribution < -0.4 is 10.6 Å². The fourth-order valence-corrected chi connectivity index (χ4v) is 2.33. The third-order valence-corrected chi connectivity index (χ3v) is 3.39. The summed E-state index contributed by atoms with van der Waals surface area (Å²) in [6, 6.07) is 6.11. The molecule has 108 valence electrons. The van der Waals surface area contributed by atoms with Crippen LogP contribution in [0.25, 0.3) is 0 Å². The first-order chi connectivity index (χ1) is 10.1. The Morgan fingerprint density at radius 1 is 1.33 bits per heavy atom. The molecule has 2 aromatic rings. The number of H-pyrrole nitrogens is 1. The van der Waals surface area contributed by atoms with Crippen LogP contribution in [-0.2, 0) is 13.0 Å². The molecule has 0 saturated heterocycles. The van der Waals surface area contributed by atoms with Gasteiger partial charge in [-0.25, -0.2) is 4.79 Å². The SMILES string of the molecule is O=C(O)c1cccc(NC(=O)c2n[nH]c3c2CNCC3)c1. The molecule has 1 aromatic carbocycles. The van der Waals surface area contributed by atoms with E-state index in [9.17, 15) is 9.59 Å². The number of aromatic carboxylic acids is 1. The Kier molecular flexibility index (Phi) is 3.41. The maximum atomic E-state index is 12.3. The van der Waals surface area contributed by atoms with Crippen LogP contribution in [0.3, 0.4) is 0 Å². The summed E-state index contributed by atoms with van der Waals surface area (Å²) in [6.45, 7) is 1.46. The van der Waals surface area contributed by atoms with Crippen molar-refractivity contribution < 1.29 is 14.7 Å². The molecule has 0 unspecified atom stereocenters. The zero-order chi connectivity index (χ0) is 14.8. The number of fused-ring (bicyclic) bond motifs is 1. The van der Waals surface area contributed by atoms with Crippen molar-refractivity contribution in [1.29, 1.82) is 0 Å². The molecule has 1 amide bonds. The van der Waals surface area contributed by atoms with Crippen molar-refractivity contribution in [3.05, 3.63) is 46.8 Å². The lowest BCUT2D eigenvalue weighted by molar-refractivity contribution is 0.0696. The number of hydrogen-bond donors (Lipinski definition) is 4. The third-order valence-electron chi connectivity index (χ3n) is 3.39. The Balaban J connectivity index is 1.82. The predicted molar refractivity (Wildman–Crippen MR) is 75.4 cm³/mol. The molecular weight excluding hydrogens is 272 g/mol. The zero-order valence-corrected chi connectivity index (χ0v) is 11.1. The van der Waals surface area contributed by atoms with E-state index in [-0.39, 0.29) is 11.5 Å². The number of carboxylic acid groups (broad SMARTS) is 1. The number of hydrogen-bond acceptors (Lipinski definition) is 4. The molecule has 1 aliphatic rings. The number of aromatic nitrogens is 2.